The number of hydrogen-bond acceptors (Lipinski definition) is 2. The van der Waals surface area contributed by atoms with Crippen LogP contribution in [0.2, 0.25) is 5.02 Å². The van der Waals surface area contributed by atoms with Gasteiger partial charge >= 0.3 is 0 Å². The zero-order valence-electron chi connectivity index (χ0n) is 10.3. The molecule has 0 aliphatic heterocycles. The summed E-state index contributed by atoms with van der Waals surface area (Å²) in [6, 6.07) is 6.63. The molecule has 0 amide bonds. The highest BCUT2D eigenvalue weighted by atomic mass is 35.5. The molecule has 1 rings (SSSR count). The van der Waals surface area contributed by atoms with Gasteiger partial charge in [-0.25, -0.2) is 0 Å². The number of aryl methyl sites for hydroxylation is 1. The summed E-state index contributed by atoms with van der Waals surface area (Å²) in [5.41, 5.74) is 2.46. The van der Waals surface area contributed by atoms with Crippen molar-refractivity contribution in [2.45, 2.75) is 33.4 Å². The van der Waals surface area contributed by atoms with Gasteiger partial charge in [-0.3, -0.25) is 0 Å². The lowest BCUT2D eigenvalue weighted by molar-refractivity contribution is 0.509. The SMILES string of the molecule is CCNCC(C)NCc1cc(C)cc(Cl)c1. The predicted molar refractivity (Wildman–Crippen MR) is 71.0 cm³/mol. The van der Waals surface area contributed by atoms with E-state index >= 15 is 0 Å². The Bertz CT molecular complexity index is 305. The third kappa shape index (κ3) is 4.97. The van der Waals surface area contributed by atoms with Gasteiger partial charge in [0, 0.05) is 24.2 Å². The number of likely N-dealkylation sites (N-methyl/N-ethyl adjacent to an activating group) is 1. The molecule has 2 nitrogen and oxygen atoms in total. The van der Waals surface area contributed by atoms with Crippen molar-refractivity contribution in [3.05, 3.63) is 34.3 Å². The van der Waals surface area contributed by atoms with Crippen molar-refractivity contribution in [2.75, 3.05) is 13.1 Å². The first kappa shape index (κ1) is 13.5. The number of benzene rings is 1. The summed E-state index contributed by atoms with van der Waals surface area (Å²) >= 11 is 6.01. The molecule has 90 valence electrons. The second-order valence-corrected chi connectivity index (χ2v) is 4.66. The molecule has 0 spiro atoms. The number of rotatable bonds is 6. The minimum atomic E-state index is 0.472. The minimum absolute atomic E-state index is 0.472. The van der Waals surface area contributed by atoms with Gasteiger partial charge < -0.3 is 10.6 Å². The third-order valence-corrected chi connectivity index (χ3v) is 2.68. The van der Waals surface area contributed by atoms with E-state index < -0.39 is 0 Å². The van der Waals surface area contributed by atoms with Crippen LogP contribution in [0, 0.1) is 6.92 Å². The van der Waals surface area contributed by atoms with Crippen molar-refractivity contribution in [3.63, 3.8) is 0 Å². The van der Waals surface area contributed by atoms with Crippen LogP contribution in [0.15, 0.2) is 18.2 Å². The minimum Gasteiger partial charge on any atom is -0.315 e. The van der Waals surface area contributed by atoms with Crippen LogP contribution < -0.4 is 10.6 Å². The average Bonchev–Trinajstić information content (AvgIpc) is 2.22. The van der Waals surface area contributed by atoms with E-state index in [1.807, 2.05) is 12.1 Å². The van der Waals surface area contributed by atoms with Crippen molar-refractivity contribution >= 4 is 11.6 Å². The Kier molecular flexibility index (Phi) is 5.81. The normalized spacial score (nSPS) is 12.8. The van der Waals surface area contributed by atoms with Crippen LogP contribution >= 0.6 is 11.6 Å². The fraction of sp³-hybridized carbons (Fsp3) is 0.538. The number of halogens is 1. The highest BCUT2D eigenvalue weighted by Crippen LogP contribution is 2.14. The Morgan fingerprint density at radius 1 is 1.31 bits per heavy atom. The van der Waals surface area contributed by atoms with E-state index in [-0.39, 0.29) is 0 Å². The van der Waals surface area contributed by atoms with Gasteiger partial charge in [0.2, 0.25) is 0 Å². The highest BCUT2D eigenvalue weighted by Gasteiger charge is 2.01. The smallest absolute Gasteiger partial charge is 0.0411 e. The van der Waals surface area contributed by atoms with Crippen LogP contribution in [0.5, 0.6) is 0 Å². The van der Waals surface area contributed by atoms with Crippen molar-refractivity contribution in [1.29, 1.82) is 0 Å². The molecule has 0 aliphatic carbocycles. The Balaban J connectivity index is 2.41. The lowest BCUT2D eigenvalue weighted by atomic mass is 10.1. The molecule has 1 atom stereocenters. The van der Waals surface area contributed by atoms with Crippen molar-refractivity contribution in [3.8, 4) is 0 Å². The standard InChI is InChI=1S/C13H21ClN2/c1-4-15-8-11(3)16-9-12-5-10(2)6-13(14)7-12/h5-7,11,15-16H,4,8-9H2,1-3H3. The van der Waals surface area contributed by atoms with Gasteiger partial charge in [-0.05, 0) is 43.7 Å². The molecule has 16 heavy (non-hydrogen) atoms. The fourth-order valence-electron chi connectivity index (χ4n) is 1.64. The van der Waals surface area contributed by atoms with E-state index in [1.54, 1.807) is 0 Å². The van der Waals surface area contributed by atoms with Crippen LogP contribution in [0.3, 0.4) is 0 Å². The molecule has 0 heterocycles. The molecule has 0 aromatic heterocycles. The van der Waals surface area contributed by atoms with Crippen LogP contribution in [-0.2, 0) is 6.54 Å². The Morgan fingerprint density at radius 2 is 2.06 bits per heavy atom. The monoisotopic (exact) mass is 240 g/mol. The van der Waals surface area contributed by atoms with Crippen LogP contribution in [0.1, 0.15) is 25.0 Å². The topological polar surface area (TPSA) is 24.1 Å². The second kappa shape index (κ2) is 6.89. The molecular weight excluding hydrogens is 220 g/mol. The van der Waals surface area contributed by atoms with Crippen molar-refractivity contribution < 1.29 is 0 Å². The molecule has 1 aromatic rings. The van der Waals surface area contributed by atoms with Gasteiger partial charge in [-0.15, -0.1) is 0 Å². The summed E-state index contributed by atoms with van der Waals surface area (Å²) in [5, 5.41) is 7.60. The van der Waals surface area contributed by atoms with Gasteiger partial charge in [0.15, 0.2) is 0 Å². The van der Waals surface area contributed by atoms with Gasteiger partial charge in [0.1, 0.15) is 0 Å². The zero-order valence-corrected chi connectivity index (χ0v) is 11.1. The van der Waals surface area contributed by atoms with Crippen LogP contribution in [-0.4, -0.2) is 19.1 Å². The number of nitrogens with one attached hydrogen (secondary N) is 2. The molecular formula is C13H21ClN2. The van der Waals surface area contributed by atoms with Crippen LogP contribution in [0.4, 0.5) is 0 Å². The summed E-state index contributed by atoms with van der Waals surface area (Å²) < 4.78 is 0. The fourth-order valence-corrected chi connectivity index (χ4v) is 1.95. The van der Waals surface area contributed by atoms with Gasteiger partial charge in [0.25, 0.3) is 0 Å². The lowest BCUT2D eigenvalue weighted by Crippen LogP contribution is -2.35. The Hall–Kier alpha value is -0.570. The van der Waals surface area contributed by atoms with E-state index in [1.165, 1.54) is 11.1 Å². The summed E-state index contributed by atoms with van der Waals surface area (Å²) in [6.07, 6.45) is 0. The number of hydrogen-bond donors (Lipinski definition) is 2. The average molecular weight is 241 g/mol. The summed E-state index contributed by atoms with van der Waals surface area (Å²) in [5.74, 6) is 0. The maximum absolute atomic E-state index is 6.01. The molecule has 0 fully saturated rings. The largest absolute Gasteiger partial charge is 0.315 e. The van der Waals surface area contributed by atoms with Crippen molar-refractivity contribution in [2.24, 2.45) is 0 Å². The first-order valence-corrected chi connectivity index (χ1v) is 6.19. The van der Waals surface area contributed by atoms with Gasteiger partial charge in [0.05, 0.1) is 0 Å². The maximum atomic E-state index is 6.01. The quantitative estimate of drug-likeness (QED) is 0.799. The first-order valence-electron chi connectivity index (χ1n) is 5.82. The van der Waals surface area contributed by atoms with E-state index in [9.17, 15) is 0 Å². The predicted octanol–water partition coefficient (Wildman–Crippen LogP) is 2.74. The van der Waals surface area contributed by atoms with E-state index in [4.69, 9.17) is 11.6 Å². The first-order chi connectivity index (χ1) is 7.61. The highest BCUT2D eigenvalue weighted by molar-refractivity contribution is 6.30. The van der Waals surface area contributed by atoms with Gasteiger partial charge in [-0.1, -0.05) is 24.6 Å². The Labute approximate surface area is 103 Å². The third-order valence-electron chi connectivity index (χ3n) is 2.46. The summed E-state index contributed by atoms with van der Waals surface area (Å²) in [7, 11) is 0. The molecule has 2 N–H and O–H groups in total. The van der Waals surface area contributed by atoms with Gasteiger partial charge in [-0.2, -0.15) is 0 Å². The molecule has 0 bridgehead atoms. The lowest BCUT2D eigenvalue weighted by Gasteiger charge is -2.14. The molecule has 0 radical (unpaired) electrons. The van der Waals surface area contributed by atoms with E-state index in [0.717, 1.165) is 24.7 Å². The molecule has 0 saturated heterocycles. The molecule has 0 saturated carbocycles. The molecule has 3 heteroatoms. The van der Waals surface area contributed by atoms with E-state index in [2.05, 4.69) is 37.5 Å². The Morgan fingerprint density at radius 3 is 2.69 bits per heavy atom. The molecule has 0 aliphatic rings. The zero-order chi connectivity index (χ0) is 12.0. The maximum Gasteiger partial charge on any atom is 0.0411 e. The van der Waals surface area contributed by atoms with Crippen molar-refractivity contribution in [1.82, 2.24) is 10.6 Å². The summed E-state index contributed by atoms with van der Waals surface area (Å²) in [4.78, 5) is 0. The second-order valence-electron chi connectivity index (χ2n) is 4.23. The summed E-state index contributed by atoms with van der Waals surface area (Å²) in [6.45, 7) is 9.25. The molecule has 1 unspecified atom stereocenters. The van der Waals surface area contributed by atoms with E-state index in [0.29, 0.717) is 6.04 Å². The molecule has 1 aromatic carbocycles. The van der Waals surface area contributed by atoms with Crippen LogP contribution in [0.25, 0.3) is 0 Å².